The number of aliphatic carboxylic acids is 2. The first kappa shape index (κ1) is 21.5. The minimum Gasteiger partial charge on any atom is -0.542 e. The molecule has 0 unspecified atom stereocenters. The molecule has 0 aromatic carbocycles. The third-order valence-corrected chi connectivity index (χ3v) is 2.80. The second-order valence-corrected chi connectivity index (χ2v) is 4.85. The molecule has 12 heteroatoms. The average molecular weight is 386 g/mol. The fraction of sp³-hybridized carbons (Fsp3) is 0.200. The number of carboxylic acid groups (broad SMARTS) is 2. The Hall–Kier alpha value is -3.57. The van der Waals surface area contributed by atoms with Crippen molar-refractivity contribution in [2.45, 2.75) is 12.7 Å². The van der Waals surface area contributed by atoms with Crippen molar-refractivity contribution in [3.63, 3.8) is 0 Å². The first-order chi connectivity index (χ1) is 12.6. The second-order valence-electron chi connectivity index (χ2n) is 4.85. The van der Waals surface area contributed by atoms with Gasteiger partial charge in [-0.3, -0.25) is 9.59 Å². The summed E-state index contributed by atoms with van der Waals surface area (Å²) in [5.74, 6) is -4.42. The summed E-state index contributed by atoms with van der Waals surface area (Å²) in [5, 5.41) is 27.0. The number of hydrogen-bond acceptors (Lipinski definition) is 6. The maximum atomic E-state index is 11.5. The molecule has 2 heterocycles. The molecule has 2 N–H and O–H groups in total. The molecule has 27 heavy (non-hydrogen) atoms. The second kappa shape index (κ2) is 9.79. The normalized spacial score (nSPS) is 10.3. The summed E-state index contributed by atoms with van der Waals surface area (Å²) in [6.07, 6.45) is 1.56. The quantitative estimate of drug-likeness (QED) is 0.625. The third kappa shape index (κ3) is 8.38. The highest BCUT2D eigenvalue weighted by atomic mass is 19.4. The van der Waals surface area contributed by atoms with Crippen LogP contribution in [0.5, 0.6) is 0 Å². The Balaban J connectivity index is 0.000000445. The van der Waals surface area contributed by atoms with Crippen LogP contribution in [0.4, 0.5) is 13.2 Å². The van der Waals surface area contributed by atoms with Gasteiger partial charge in [0.25, 0.3) is 5.91 Å². The van der Waals surface area contributed by atoms with Gasteiger partial charge >= 0.3 is 12.1 Å². The monoisotopic (exact) mass is 386 g/mol. The minimum absolute atomic E-state index is 0.0716. The molecule has 0 aliphatic heterocycles. The fourth-order valence-corrected chi connectivity index (χ4v) is 1.61. The van der Waals surface area contributed by atoms with Gasteiger partial charge in [0.1, 0.15) is 12.5 Å². The SMILES string of the molecule is O=C(O)CNC(=O)C[n+]1ccc(-c2ccnnc2)cc1.O=C([O-])C(F)(F)F. The zero-order chi connectivity index (χ0) is 20.4. The number of rotatable bonds is 5. The van der Waals surface area contributed by atoms with E-state index in [2.05, 4.69) is 15.5 Å². The van der Waals surface area contributed by atoms with Crippen LogP contribution in [0.15, 0.2) is 43.0 Å². The van der Waals surface area contributed by atoms with Crippen LogP contribution in [0.3, 0.4) is 0 Å². The van der Waals surface area contributed by atoms with Crippen molar-refractivity contribution in [3.8, 4) is 11.1 Å². The Kier molecular flexibility index (Phi) is 7.79. The molecular weight excluding hydrogens is 373 g/mol. The number of nitrogens with one attached hydrogen (secondary N) is 1. The number of carbonyl (C=O) groups excluding carboxylic acids is 2. The van der Waals surface area contributed by atoms with Crippen LogP contribution in [0.2, 0.25) is 0 Å². The Morgan fingerprint density at radius 2 is 1.70 bits per heavy atom. The summed E-state index contributed by atoms with van der Waals surface area (Å²) in [6, 6.07) is 5.54. The van der Waals surface area contributed by atoms with Crippen molar-refractivity contribution in [3.05, 3.63) is 43.0 Å². The standard InChI is InChI=1S/C13H12N4O3.C2HF3O2/c18-12(14-8-13(19)20)9-17-5-2-10(3-6-17)11-1-4-15-16-7-11;3-2(4,5)1(6)7/h1-7H,8-9H2,(H-,14,18,19,20);(H,6,7). The fourth-order valence-electron chi connectivity index (χ4n) is 1.61. The van der Waals surface area contributed by atoms with E-state index >= 15 is 0 Å². The number of alkyl halides is 3. The van der Waals surface area contributed by atoms with Gasteiger partial charge in [0.15, 0.2) is 12.4 Å². The molecule has 0 aliphatic rings. The first-order valence-electron chi connectivity index (χ1n) is 7.12. The lowest BCUT2D eigenvalue weighted by Gasteiger charge is -2.03. The molecule has 0 spiro atoms. The van der Waals surface area contributed by atoms with E-state index in [1.165, 1.54) is 0 Å². The lowest BCUT2D eigenvalue weighted by atomic mass is 10.1. The summed E-state index contributed by atoms with van der Waals surface area (Å²) < 4.78 is 33.2. The number of pyridine rings is 1. The molecule has 0 atom stereocenters. The van der Waals surface area contributed by atoms with Crippen molar-refractivity contribution in [2.24, 2.45) is 0 Å². The largest absolute Gasteiger partial charge is 0.542 e. The van der Waals surface area contributed by atoms with Gasteiger partial charge in [-0.1, -0.05) is 0 Å². The van der Waals surface area contributed by atoms with E-state index in [0.29, 0.717) is 0 Å². The van der Waals surface area contributed by atoms with Crippen molar-refractivity contribution in [1.82, 2.24) is 15.5 Å². The molecular formula is C15H13F3N4O5. The van der Waals surface area contributed by atoms with Gasteiger partial charge < -0.3 is 20.3 Å². The number of carboxylic acids is 2. The summed E-state index contributed by atoms with van der Waals surface area (Å²) >= 11 is 0. The number of nitrogens with zero attached hydrogens (tertiary/aromatic N) is 3. The number of hydrogen-bond donors (Lipinski definition) is 2. The van der Waals surface area contributed by atoms with Crippen molar-refractivity contribution < 1.29 is 42.3 Å². The molecule has 0 fully saturated rings. The van der Waals surface area contributed by atoms with E-state index in [0.717, 1.165) is 11.1 Å². The van der Waals surface area contributed by atoms with E-state index in [4.69, 9.17) is 15.0 Å². The molecule has 0 saturated heterocycles. The number of carbonyl (C=O) groups is 3. The zero-order valence-corrected chi connectivity index (χ0v) is 13.5. The maximum Gasteiger partial charge on any atom is 0.430 e. The van der Waals surface area contributed by atoms with Crippen molar-refractivity contribution in [2.75, 3.05) is 6.54 Å². The Labute approximate surface area is 150 Å². The lowest BCUT2D eigenvalue weighted by Crippen LogP contribution is -2.43. The van der Waals surface area contributed by atoms with Gasteiger partial charge in [0.2, 0.25) is 6.54 Å². The highest BCUT2D eigenvalue weighted by Crippen LogP contribution is 2.14. The average Bonchev–Trinajstić information content (AvgIpc) is 2.61. The highest BCUT2D eigenvalue weighted by Gasteiger charge is 2.28. The van der Waals surface area contributed by atoms with Gasteiger partial charge in [0.05, 0.1) is 12.4 Å². The van der Waals surface area contributed by atoms with Crippen LogP contribution in [-0.2, 0) is 20.9 Å². The molecule has 0 bridgehead atoms. The summed E-state index contributed by atoms with van der Waals surface area (Å²) in [7, 11) is 0. The maximum absolute atomic E-state index is 11.5. The Morgan fingerprint density at radius 3 is 2.15 bits per heavy atom. The van der Waals surface area contributed by atoms with Crippen LogP contribution in [0, 0.1) is 0 Å². The first-order valence-corrected chi connectivity index (χ1v) is 7.12. The molecule has 0 aliphatic carbocycles. The van der Waals surface area contributed by atoms with Crippen LogP contribution in [0.1, 0.15) is 0 Å². The third-order valence-electron chi connectivity index (χ3n) is 2.80. The van der Waals surface area contributed by atoms with Gasteiger partial charge in [-0.05, 0) is 11.6 Å². The molecule has 1 amide bonds. The lowest BCUT2D eigenvalue weighted by molar-refractivity contribution is -0.684. The Bertz CT molecular complexity index is 782. The van der Waals surface area contributed by atoms with Gasteiger partial charge in [-0.15, -0.1) is 0 Å². The minimum atomic E-state index is -5.19. The van der Waals surface area contributed by atoms with E-state index in [1.807, 2.05) is 18.2 Å². The van der Waals surface area contributed by atoms with Gasteiger partial charge in [0, 0.05) is 17.7 Å². The molecule has 144 valence electrons. The number of aromatic nitrogens is 3. The number of amides is 1. The van der Waals surface area contributed by atoms with E-state index in [9.17, 15) is 22.8 Å². The molecule has 2 aromatic heterocycles. The van der Waals surface area contributed by atoms with E-state index < -0.39 is 18.1 Å². The van der Waals surface area contributed by atoms with Gasteiger partial charge in [-0.2, -0.15) is 27.9 Å². The van der Waals surface area contributed by atoms with Crippen molar-refractivity contribution >= 4 is 17.8 Å². The predicted molar refractivity (Wildman–Crippen MR) is 79.4 cm³/mol. The summed E-state index contributed by atoms with van der Waals surface area (Å²) in [5.41, 5.74) is 1.89. The summed E-state index contributed by atoms with van der Waals surface area (Å²) in [4.78, 5) is 30.6. The Morgan fingerprint density at radius 1 is 1.11 bits per heavy atom. The molecule has 2 rings (SSSR count). The van der Waals surface area contributed by atoms with E-state index in [-0.39, 0.29) is 19.0 Å². The molecule has 9 nitrogen and oxygen atoms in total. The van der Waals surface area contributed by atoms with Crippen molar-refractivity contribution in [1.29, 1.82) is 0 Å². The van der Waals surface area contributed by atoms with Crippen LogP contribution in [0.25, 0.3) is 11.1 Å². The van der Waals surface area contributed by atoms with Crippen LogP contribution >= 0.6 is 0 Å². The molecule has 0 saturated carbocycles. The highest BCUT2D eigenvalue weighted by molar-refractivity contribution is 5.80. The van der Waals surface area contributed by atoms with Gasteiger partial charge in [-0.25, -0.2) is 0 Å². The number of halogens is 3. The zero-order valence-electron chi connectivity index (χ0n) is 13.5. The van der Waals surface area contributed by atoms with Crippen LogP contribution in [-0.4, -0.2) is 45.9 Å². The molecule has 0 radical (unpaired) electrons. The van der Waals surface area contributed by atoms with E-state index in [1.54, 1.807) is 29.4 Å². The van der Waals surface area contributed by atoms with Crippen LogP contribution < -0.4 is 15.0 Å². The summed E-state index contributed by atoms with van der Waals surface area (Å²) in [6.45, 7) is -0.303. The smallest absolute Gasteiger partial charge is 0.430 e. The topological polar surface area (TPSA) is 136 Å². The molecule has 2 aromatic rings. The predicted octanol–water partition coefficient (Wildman–Crippen LogP) is -1.07.